The van der Waals surface area contributed by atoms with Crippen molar-refractivity contribution in [3.05, 3.63) is 53.0 Å². The van der Waals surface area contributed by atoms with E-state index < -0.39 is 5.82 Å². The highest BCUT2D eigenvalue weighted by molar-refractivity contribution is 6.35. The molecular formula is C31H35ClFN7O. The molecule has 3 atom stereocenters. The Kier molecular flexibility index (Phi) is 6.44. The second-order valence-corrected chi connectivity index (χ2v) is 12.4. The zero-order chi connectivity index (χ0) is 28.5. The Morgan fingerprint density at radius 1 is 1.22 bits per heavy atom. The molecule has 0 radical (unpaired) electrons. The highest BCUT2D eigenvalue weighted by Crippen LogP contribution is 2.44. The average molecular weight is 576 g/mol. The summed E-state index contributed by atoms with van der Waals surface area (Å²) in [6.07, 6.45) is 7.97. The standard InChI is InChI=1S/C31H35ClFN7O/c1-5-31-9-8-19(37-31)14-40(16-31)29-21-12-23(32)26(25-18(3)17(2)11-24-22(25)13-34-38-24)27(33)28(21)35-30(36-29)41-15-20-7-6-10-39(20)4/h5,11-13,19-20,37H,1,6-10,14-16H2,2-4H3,(H,34,38)/t19-,20?,31?/m1/s1. The van der Waals surface area contributed by atoms with Gasteiger partial charge in [0.15, 0.2) is 5.82 Å². The first-order valence-corrected chi connectivity index (χ1v) is 14.8. The fourth-order valence-electron chi connectivity index (χ4n) is 7.01. The van der Waals surface area contributed by atoms with Gasteiger partial charge in [-0.1, -0.05) is 17.7 Å². The molecule has 3 aliphatic rings. The number of likely N-dealkylation sites (N-methyl/N-ethyl adjacent to an activating group) is 1. The Morgan fingerprint density at radius 3 is 2.85 bits per heavy atom. The molecule has 2 bridgehead atoms. The molecular weight excluding hydrogens is 541 g/mol. The first-order chi connectivity index (χ1) is 19.8. The van der Waals surface area contributed by atoms with Crippen LogP contribution in [0.4, 0.5) is 10.2 Å². The van der Waals surface area contributed by atoms with Crippen LogP contribution in [0.3, 0.4) is 0 Å². The summed E-state index contributed by atoms with van der Waals surface area (Å²) in [5, 5.41) is 12.7. The van der Waals surface area contributed by atoms with E-state index in [1.165, 1.54) is 0 Å². The Hall–Kier alpha value is -3.27. The van der Waals surface area contributed by atoms with E-state index in [0.717, 1.165) is 66.4 Å². The summed E-state index contributed by atoms with van der Waals surface area (Å²) in [5.41, 5.74) is 3.84. The molecule has 8 nitrogen and oxygen atoms in total. The van der Waals surface area contributed by atoms with Crippen LogP contribution in [0.2, 0.25) is 5.02 Å². The van der Waals surface area contributed by atoms with Crippen LogP contribution in [0.25, 0.3) is 32.9 Å². The lowest BCUT2D eigenvalue weighted by Crippen LogP contribution is -2.58. The number of hydrogen-bond acceptors (Lipinski definition) is 7. The van der Waals surface area contributed by atoms with Gasteiger partial charge in [0.2, 0.25) is 0 Å². The number of aryl methyl sites for hydroxylation is 1. The number of aromatic nitrogens is 4. The number of fused-ring (bicyclic) bond motifs is 4. The smallest absolute Gasteiger partial charge is 0.319 e. The number of likely N-dealkylation sites (tertiary alicyclic amines) is 1. The first-order valence-electron chi connectivity index (χ1n) is 14.4. The minimum Gasteiger partial charge on any atom is -0.462 e. The van der Waals surface area contributed by atoms with E-state index in [9.17, 15) is 0 Å². The van der Waals surface area contributed by atoms with Crippen LogP contribution in [0.15, 0.2) is 31.0 Å². The monoisotopic (exact) mass is 575 g/mol. The van der Waals surface area contributed by atoms with E-state index in [4.69, 9.17) is 21.3 Å². The van der Waals surface area contributed by atoms with Crippen LogP contribution in [0, 0.1) is 19.7 Å². The van der Waals surface area contributed by atoms with Crippen molar-refractivity contribution in [2.75, 3.05) is 38.2 Å². The molecule has 4 aromatic rings. The van der Waals surface area contributed by atoms with Crippen LogP contribution in [0.5, 0.6) is 6.01 Å². The van der Waals surface area contributed by atoms with Gasteiger partial charge in [0, 0.05) is 47.1 Å². The second kappa shape index (κ2) is 9.93. The van der Waals surface area contributed by atoms with Crippen LogP contribution < -0.4 is 15.0 Å². The Labute approximate surface area is 243 Å². The second-order valence-electron chi connectivity index (χ2n) is 12.0. The lowest BCUT2D eigenvalue weighted by molar-refractivity contribution is 0.188. The maximum absolute atomic E-state index is 16.9. The van der Waals surface area contributed by atoms with Crippen LogP contribution >= 0.6 is 11.6 Å². The van der Waals surface area contributed by atoms with Gasteiger partial charge >= 0.3 is 6.01 Å². The maximum atomic E-state index is 16.9. The molecule has 214 valence electrons. The van der Waals surface area contributed by atoms with Gasteiger partial charge in [0.25, 0.3) is 0 Å². The first kappa shape index (κ1) is 26.6. The molecule has 2 unspecified atom stereocenters. The molecule has 2 aromatic carbocycles. The summed E-state index contributed by atoms with van der Waals surface area (Å²) in [7, 11) is 2.10. The van der Waals surface area contributed by atoms with Crippen molar-refractivity contribution >= 4 is 39.2 Å². The van der Waals surface area contributed by atoms with Gasteiger partial charge in [-0.3, -0.25) is 5.10 Å². The lowest BCUT2D eigenvalue weighted by Gasteiger charge is -2.40. The third kappa shape index (κ3) is 4.37. The Balaban J connectivity index is 1.41. The van der Waals surface area contributed by atoms with Crippen molar-refractivity contribution in [1.29, 1.82) is 0 Å². The predicted molar refractivity (Wildman–Crippen MR) is 162 cm³/mol. The number of anilines is 1. The fourth-order valence-corrected chi connectivity index (χ4v) is 7.30. The molecule has 2 aromatic heterocycles. The van der Waals surface area contributed by atoms with Gasteiger partial charge in [-0.2, -0.15) is 15.1 Å². The highest BCUT2D eigenvalue weighted by atomic mass is 35.5. The number of rotatable bonds is 6. The number of nitrogens with zero attached hydrogens (tertiary/aromatic N) is 5. The molecule has 0 spiro atoms. The molecule has 41 heavy (non-hydrogen) atoms. The maximum Gasteiger partial charge on any atom is 0.319 e. The number of halogens is 2. The highest BCUT2D eigenvalue weighted by Gasteiger charge is 2.43. The van der Waals surface area contributed by atoms with Crippen LogP contribution in [-0.2, 0) is 0 Å². The Bertz CT molecular complexity index is 1690. The van der Waals surface area contributed by atoms with Gasteiger partial charge in [0.1, 0.15) is 17.9 Å². The van der Waals surface area contributed by atoms with Crippen molar-refractivity contribution in [2.45, 2.75) is 57.2 Å². The summed E-state index contributed by atoms with van der Waals surface area (Å²) in [5.74, 6) is 0.165. The molecule has 2 N–H and O–H groups in total. The Morgan fingerprint density at radius 2 is 2.07 bits per heavy atom. The summed E-state index contributed by atoms with van der Waals surface area (Å²) in [6.45, 7) is 11.0. The zero-order valence-corrected chi connectivity index (χ0v) is 24.5. The van der Waals surface area contributed by atoms with Crippen molar-refractivity contribution in [3.63, 3.8) is 0 Å². The van der Waals surface area contributed by atoms with E-state index in [1.54, 1.807) is 6.20 Å². The molecule has 7 rings (SSSR count). The lowest BCUT2D eigenvalue weighted by atomic mass is 9.92. The number of benzene rings is 2. The molecule has 3 saturated heterocycles. The van der Waals surface area contributed by atoms with Crippen LogP contribution in [-0.4, -0.2) is 76.0 Å². The van der Waals surface area contributed by atoms with E-state index in [2.05, 4.69) is 43.9 Å². The largest absolute Gasteiger partial charge is 0.462 e. The van der Waals surface area contributed by atoms with Crippen molar-refractivity contribution in [3.8, 4) is 17.1 Å². The van der Waals surface area contributed by atoms with Gasteiger partial charge in [0.05, 0.1) is 22.3 Å². The number of piperazine rings is 1. The van der Waals surface area contributed by atoms with E-state index in [0.29, 0.717) is 41.0 Å². The predicted octanol–water partition coefficient (Wildman–Crippen LogP) is 5.55. The molecule has 5 heterocycles. The topological polar surface area (TPSA) is 82.2 Å². The number of ether oxygens (including phenoxy) is 1. The molecule has 3 fully saturated rings. The molecule has 3 aliphatic heterocycles. The molecule has 0 saturated carbocycles. The third-order valence-electron chi connectivity index (χ3n) is 9.47. The van der Waals surface area contributed by atoms with Crippen molar-refractivity contribution in [2.24, 2.45) is 0 Å². The molecule has 0 amide bonds. The SMILES string of the molecule is C=CC12CC[C@H](CN(c3nc(OCC4CCCN4C)nc4c(F)c(-c5c(C)c(C)cc6[nH]ncc56)c(Cl)cc34)C1)N2. The van der Waals surface area contributed by atoms with E-state index in [1.807, 2.05) is 32.1 Å². The zero-order valence-electron chi connectivity index (χ0n) is 23.7. The van der Waals surface area contributed by atoms with Crippen molar-refractivity contribution < 1.29 is 9.13 Å². The summed E-state index contributed by atoms with van der Waals surface area (Å²) in [6, 6.07) is 4.61. The van der Waals surface area contributed by atoms with E-state index in [-0.39, 0.29) is 23.1 Å². The van der Waals surface area contributed by atoms with Gasteiger partial charge in [-0.15, -0.1) is 6.58 Å². The van der Waals surface area contributed by atoms with E-state index >= 15 is 4.39 Å². The normalized spacial score (nSPS) is 24.6. The minimum absolute atomic E-state index is 0.188. The summed E-state index contributed by atoms with van der Waals surface area (Å²) < 4.78 is 23.1. The average Bonchev–Trinajstić information content (AvgIpc) is 3.67. The number of hydrogen-bond donors (Lipinski definition) is 2. The number of aromatic amines is 1. The van der Waals surface area contributed by atoms with Crippen molar-refractivity contribution in [1.82, 2.24) is 30.4 Å². The number of nitrogens with one attached hydrogen (secondary N) is 2. The third-order valence-corrected chi connectivity index (χ3v) is 9.77. The molecule has 10 heteroatoms. The fraction of sp³-hybridized carbons (Fsp3) is 0.452. The quantitative estimate of drug-likeness (QED) is 0.292. The van der Waals surface area contributed by atoms with Gasteiger partial charge in [-0.05, 0) is 76.4 Å². The minimum atomic E-state index is -0.480. The van der Waals surface area contributed by atoms with Gasteiger partial charge < -0.3 is 19.9 Å². The summed E-state index contributed by atoms with van der Waals surface area (Å²) in [4.78, 5) is 14.1. The number of H-pyrrole nitrogens is 1. The summed E-state index contributed by atoms with van der Waals surface area (Å²) >= 11 is 6.96. The molecule has 0 aliphatic carbocycles. The van der Waals surface area contributed by atoms with Gasteiger partial charge in [-0.25, -0.2) is 4.39 Å². The van der Waals surface area contributed by atoms with Crippen LogP contribution in [0.1, 0.15) is 36.8 Å².